The van der Waals surface area contributed by atoms with Gasteiger partial charge in [0, 0.05) is 20.1 Å². The molecule has 4 nitrogen and oxygen atoms in total. The Hall–Kier alpha value is -0.770. The van der Waals surface area contributed by atoms with Gasteiger partial charge in [-0.05, 0) is 6.42 Å². The zero-order valence-electron chi connectivity index (χ0n) is 5.62. The van der Waals surface area contributed by atoms with Crippen molar-refractivity contribution >= 4 is 6.16 Å². The average Bonchev–Trinajstić information content (AvgIpc) is 2.13. The number of carboxylic acid groups (broad SMARTS) is 1. The lowest BCUT2D eigenvalue weighted by molar-refractivity contribution is 0.0567. The molecule has 0 aromatic rings. The van der Waals surface area contributed by atoms with E-state index in [2.05, 4.69) is 11.8 Å². The molecule has 0 amide bonds. The van der Waals surface area contributed by atoms with E-state index in [1.54, 1.807) is 4.90 Å². The van der Waals surface area contributed by atoms with Crippen LogP contribution in [0.25, 0.3) is 0 Å². The fourth-order valence-electron chi connectivity index (χ4n) is 1.04. The van der Waals surface area contributed by atoms with Crippen LogP contribution >= 0.6 is 0 Å². The van der Waals surface area contributed by atoms with Gasteiger partial charge in [0.25, 0.3) is 0 Å². The van der Waals surface area contributed by atoms with Crippen LogP contribution in [0.4, 0.5) is 4.79 Å². The van der Waals surface area contributed by atoms with Crippen molar-refractivity contribution in [1.82, 2.24) is 4.90 Å². The summed E-state index contributed by atoms with van der Waals surface area (Å²) in [7, 11) is 3.66. The van der Waals surface area contributed by atoms with Crippen LogP contribution in [-0.4, -0.2) is 35.4 Å². The van der Waals surface area contributed by atoms with E-state index in [9.17, 15) is 4.79 Å². The summed E-state index contributed by atoms with van der Waals surface area (Å²) in [5.41, 5.74) is 0. The molecule has 10 heavy (non-hydrogen) atoms. The van der Waals surface area contributed by atoms with Crippen LogP contribution < -0.4 is 0 Å². The Morgan fingerprint density at radius 1 is 1.80 bits per heavy atom. The first-order valence-electron chi connectivity index (χ1n) is 3.13. The molecule has 0 spiro atoms. The van der Waals surface area contributed by atoms with Crippen molar-refractivity contribution in [3.05, 3.63) is 7.05 Å². The van der Waals surface area contributed by atoms with Crippen LogP contribution in [0.2, 0.25) is 0 Å². The molecule has 1 aliphatic heterocycles. The molecule has 0 aliphatic carbocycles. The van der Waals surface area contributed by atoms with Crippen LogP contribution in [0.3, 0.4) is 0 Å². The van der Waals surface area contributed by atoms with Gasteiger partial charge in [0.2, 0.25) is 0 Å². The maximum Gasteiger partial charge on any atom is 0.506 e. The molecule has 1 fully saturated rings. The Morgan fingerprint density at radius 3 is 2.90 bits per heavy atom. The lowest BCUT2D eigenvalue weighted by Gasteiger charge is -2.07. The summed E-state index contributed by atoms with van der Waals surface area (Å²) in [4.78, 5) is 11.8. The quantitative estimate of drug-likeness (QED) is 0.546. The first-order valence-corrected chi connectivity index (χ1v) is 3.13. The molecular formula is C6H10NO3. The number of nitrogens with zero attached hydrogens (tertiary/aromatic N) is 1. The minimum absolute atomic E-state index is 0.171. The highest BCUT2D eigenvalue weighted by Crippen LogP contribution is 2.10. The van der Waals surface area contributed by atoms with E-state index in [4.69, 9.17) is 5.11 Å². The zero-order chi connectivity index (χ0) is 7.56. The molecule has 1 rings (SSSR count). The minimum atomic E-state index is -1.19. The van der Waals surface area contributed by atoms with Gasteiger partial charge in [-0.25, -0.2) is 4.79 Å². The van der Waals surface area contributed by atoms with E-state index in [0.717, 1.165) is 13.0 Å². The number of ether oxygens (including phenoxy) is 1. The van der Waals surface area contributed by atoms with Gasteiger partial charge < -0.3 is 9.84 Å². The second kappa shape index (κ2) is 2.88. The van der Waals surface area contributed by atoms with Gasteiger partial charge in [0.05, 0.1) is 0 Å². The largest absolute Gasteiger partial charge is 0.506 e. The average molecular weight is 144 g/mol. The smallest absolute Gasteiger partial charge is 0.450 e. The molecule has 0 aromatic heterocycles. The highest BCUT2D eigenvalue weighted by atomic mass is 16.7. The predicted molar refractivity (Wildman–Crippen MR) is 34.4 cm³/mol. The Morgan fingerprint density at radius 2 is 2.50 bits per heavy atom. The van der Waals surface area contributed by atoms with Gasteiger partial charge in [0.1, 0.15) is 6.10 Å². The summed E-state index contributed by atoms with van der Waals surface area (Å²) in [6, 6.07) is 0. The topological polar surface area (TPSA) is 49.8 Å². The second-order valence-corrected chi connectivity index (χ2v) is 2.37. The summed E-state index contributed by atoms with van der Waals surface area (Å²) in [6.07, 6.45) is -0.606. The Kier molecular flexibility index (Phi) is 2.11. The maximum absolute atomic E-state index is 10.0. The van der Waals surface area contributed by atoms with Gasteiger partial charge >= 0.3 is 6.16 Å². The molecule has 0 bridgehead atoms. The fraction of sp³-hybridized carbons (Fsp3) is 0.667. The third-order valence-corrected chi connectivity index (χ3v) is 1.50. The number of hydrogen-bond acceptors (Lipinski definition) is 3. The number of carbonyl (C=O) groups is 1. The monoisotopic (exact) mass is 144 g/mol. The second-order valence-electron chi connectivity index (χ2n) is 2.37. The third-order valence-electron chi connectivity index (χ3n) is 1.50. The van der Waals surface area contributed by atoms with E-state index >= 15 is 0 Å². The molecule has 0 saturated carbocycles. The summed E-state index contributed by atoms with van der Waals surface area (Å²) in [5, 5.41) is 8.20. The Balaban J connectivity index is 2.24. The standard InChI is InChI=1S/C6H10NO3/c1-7-3-2-5(4-7)10-6(8)9/h5H,1-4H2,(H,8,9). The van der Waals surface area contributed by atoms with Crippen LogP contribution in [0.5, 0.6) is 0 Å². The van der Waals surface area contributed by atoms with E-state index < -0.39 is 6.16 Å². The van der Waals surface area contributed by atoms with Gasteiger partial charge in [-0.1, -0.05) is 0 Å². The molecule has 1 atom stereocenters. The molecule has 1 aliphatic rings. The highest BCUT2D eigenvalue weighted by Gasteiger charge is 2.22. The minimum Gasteiger partial charge on any atom is -0.450 e. The van der Waals surface area contributed by atoms with Gasteiger partial charge in [0.15, 0.2) is 0 Å². The van der Waals surface area contributed by atoms with Crippen LogP contribution in [0, 0.1) is 7.05 Å². The highest BCUT2D eigenvalue weighted by molar-refractivity contribution is 5.57. The van der Waals surface area contributed by atoms with Gasteiger partial charge in [-0.2, -0.15) is 0 Å². The lowest BCUT2D eigenvalue weighted by Crippen LogP contribution is -2.20. The van der Waals surface area contributed by atoms with Crippen molar-refractivity contribution in [2.24, 2.45) is 0 Å². The first-order chi connectivity index (χ1) is 4.68. The predicted octanol–water partition coefficient (Wildman–Crippen LogP) is 0.547. The lowest BCUT2D eigenvalue weighted by atomic mass is 10.3. The number of rotatable bonds is 1. The fourth-order valence-corrected chi connectivity index (χ4v) is 1.04. The number of likely N-dealkylation sites (tertiary alicyclic amines) is 1. The molecule has 1 unspecified atom stereocenters. The molecule has 57 valence electrons. The summed E-state index contributed by atoms with van der Waals surface area (Å²) >= 11 is 0. The van der Waals surface area contributed by atoms with Gasteiger partial charge in [-0.3, -0.25) is 4.90 Å². The number of hydrogen-bond donors (Lipinski definition) is 1. The maximum atomic E-state index is 10.0. The normalized spacial score (nSPS) is 26.7. The van der Waals surface area contributed by atoms with Crippen molar-refractivity contribution < 1.29 is 14.6 Å². The van der Waals surface area contributed by atoms with Gasteiger partial charge in [-0.15, -0.1) is 0 Å². The van der Waals surface area contributed by atoms with Crippen molar-refractivity contribution in [3.8, 4) is 0 Å². The molecule has 0 aromatic carbocycles. The molecule has 1 saturated heterocycles. The van der Waals surface area contributed by atoms with Crippen LogP contribution in [-0.2, 0) is 4.74 Å². The molecule has 1 heterocycles. The molecule has 1 radical (unpaired) electrons. The third kappa shape index (κ3) is 1.88. The van der Waals surface area contributed by atoms with E-state index in [-0.39, 0.29) is 6.10 Å². The van der Waals surface area contributed by atoms with Crippen molar-refractivity contribution in [2.75, 3.05) is 13.1 Å². The molecule has 4 heteroatoms. The van der Waals surface area contributed by atoms with Crippen LogP contribution in [0.15, 0.2) is 0 Å². The van der Waals surface area contributed by atoms with Crippen molar-refractivity contribution in [1.29, 1.82) is 0 Å². The van der Waals surface area contributed by atoms with E-state index in [1.165, 1.54) is 0 Å². The zero-order valence-corrected chi connectivity index (χ0v) is 5.62. The summed E-state index contributed by atoms with van der Waals surface area (Å²) in [5.74, 6) is 0. The van der Waals surface area contributed by atoms with Crippen molar-refractivity contribution in [2.45, 2.75) is 12.5 Å². The van der Waals surface area contributed by atoms with E-state index in [0.29, 0.717) is 6.54 Å². The SMILES string of the molecule is [CH2]N1CCC(OC(=O)O)C1. The first kappa shape index (κ1) is 7.34. The Bertz CT molecular complexity index is 137. The summed E-state index contributed by atoms with van der Waals surface area (Å²) in [6.45, 7) is 1.43. The van der Waals surface area contributed by atoms with Crippen LogP contribution in [0.1, 0.15) is 6.42 Å². The van der Waals surface area contributed by atoms with Crippen molar-refractivity contribution in [3.63, 3.8) is 0 Å². The van der Waals surface area contributed by atoms with E-state index in [1.807, 2.05) is 0 Å². The Labute approximate surface area is 59.4 Å². The molecule has 1 N–H and O–H groups in total. The summed E-state index contributed by atoms with van der Waals surface area (Å²) < 4.78 is 4.52. The molecular weight excluding hydrogens is 134 g/mol.